The Kier molecular flexibility index (Phi) is 4.28. The van der Waals surface area contributed by atoms with Gasteiger partial charge in [-0.25, -0.2) is 4.79 Å². The van der Waals surface area contributed by atoms with Crippen LogP contribution in [0.3, 0.4) is 0 Å². The van der Waals surface area contributed by atoms with Gasteiger partial charge in [0.25, 0.3) is 0 Å². The van der Waals surface area contributed by atoms with Crippen LogP contribution >= 0.6 is 0 Å². The van der Waals surface area contributed by atoms with E-state index >= 15 is 0 Å². The van der Waals surface area contributed by atoms with E-state index in [1.807, 2.05) is 0 Å². The molecule has 0 rings (SSSR count). The van der Waals surface area contributed by atoms with E-state index < -0.39 is 12.0 Å². The van der Waals surface area contributed by atoms with Crippen LogP contribution in [0.4, 0.5) is 0 Å². The number of hydrogen-bond donors (Lipinski definition) is 2. The lowest BCUT2D eigenvalue weighted by molar-refractivity contribution is -0.148. The predicted octanol–water partition coefficient (Wildman–Crippen LogP) is -0.733. The maximum absolute atomic E-state index is 11.1. The largest absolute Gasteiger partial charge is 0.480 e. The lowest BCUT2D eigenvalue weighted by Crippen LogP contribution is -2.40. The highest BCUT2D eigenvalue weighted by molar-refractivity contribution is 5.83. The molecule has 0 saturated heterocycles. The summed E-state index contributed by atoms with van der Waals surface area (Å²) in [6.45, 7) is 1.70. The molecule has 0 aliphatic carbocycles. The Morgan fingerprint density at radius 1 is 1.58 bits per heavy atom. The smallest absolute Gasteiger partial charge is 0.326 e. The number of nitrogens with two attached hydrogens (primary N) is 1. The summed E-state index contributed by atoms with van der Waals surface area (Å²) in [5.41, 5.74) is 5.15. The topological polar surface area (TPSA) is 83.6 Å². The standard InChI is InChI=1S/C7H14N2O3/c1-5(7(11)12)9(2)6(10)3-4-8/h5H,3-4,8H2,1-2H3,(H,11,12)/t5-/m0/s1. The Labute approximate surface area is 71.1 Å². The summed E-state index contributed by atoms with van der Waals surface area (Å²) in [5, 5.41) is 8.54. The van der Waals surface area contributed by atoms with Crippen LogP contribution in [0.1, 0.15) is 13.3 Å². The molecule has 1 amide bonds. The minimum absolute atomic E-state index is 0.189. The van der Waals surface area contributed by atoms with Crippen LogP contribution in [0.2, 0.25) is 0 Å². The van der Waals surface area contributed by atoms with E-state index in [9.17, 15) is 9.59 Å². The van der Waals surface area contributed by atoms with Gasteiger partial charge in [0.15, 0.2) is 0 Å². The molecule has 0 fully saturated rings. The highest BCUT2D eigenvalue weighted by Gasteiger charge is 2.20. The Bertz CT molecular complexity index is 181. The van der Waals surface area contributed by atoms with Crippen molar-refractivity contribution in [2.24, 2.45) is 5.73 Å². The number of nitrogens with zero attached hydrogens (tertiary/aromatic N) is 1. The molecule has 0 radical (unpaired) electrons. The minimum atomic E-state index is -1.01. The van der Waals surface area contributed by atoms with E-state index in [0.29, 0.717) is 0 Å². The second-order valence-corrected chi connectivity index (χ2v) is 2.56. The highest BCUT2D eigenvalue weighted by Crippen LogP contribution is 1.97. The number of aliphatic carboxylic acids is 1. The molecule has 3 N–H and O–H groups in total. The molecular formula is C7H14N2O3. The van der Waals surface area contributed by atoms with E-state index in [-0.39, 0.29) is 18.9 Å². The minimum Gasteiger partial charge on any atom is -0.480 e. The number of amides is 1. The molecule has 0 aliphatic heterocycles. The van der Waals surface area contributed by atoms with Crippen LogP contribution in [0.25, 0.3) is 0 Å². The van der Waals surface area contributed by atoms with E-state index in [4.69, 9.17) is 10.8 Å². The first-order chi connectivity index (χ1) is 5.50. The van der Waals surface area contributed by atoms with Gasteiger partial charge in [-0.05, 0) is 6.92 Å². The Morgan fingerprint density at radius 2 is 2.08 bits per heavy atom. The van der Waals surface area contributed by atoms with Crippen molar-refractivity contribution >= 4 is 11.9 Å². The van der Waals surface area contributed by atoms with E-state index in [0.717, 1.165) is 0 Å². The second kappa shape index (κ2) is 4.71. The van der Waals surface area contributed by atoms with Gasteiger partial charge in [0.2, 0.25) is 5.91 Å². The third kappa shape index (κ3) is 2.87. The average molecular weight is 174 g/mol. The third-order valence-electron chi connectivity index (χ3n) is 1.69. The second-order valence-electron chi connectivity index (χ2n) is 2.56. The molecule has 12 heavy (non-hydrogen) atoms. The summed E-state index contributed by atoms with van der Waals surface area (Å²) < 4.78 is 0. The van der Waals surface area contributed by atoms with E-state index in [1.54, 1.807) is 0 Å². The molecular weight excluding hydrogens is 160 g/mol. The zero-order valence-electron chi connectivity index (χ0n) is 7.28. The maximum Gasteiger partial charge on any atom is 0.326 e. The van der Waals surface area contributed by atoms with Crippen LogP contribution in [-0.4, -0.2) is 41.5 Å². The van der Waals surface area contributed by atoms with Crippen molar-refractivity contribution in [2.75, 3.05) is 13.6 Å². The van der Waals surface area contributed by atoms with Crippen molar-refractivity contribution in [3.63, 3.8) is 0 Å². The summed E-state index contributed by atoms with van der Waals surface area (Å²) in [5.74, 6) is -1.25. The molecule has 0 spiro atoms. The van der Waals surface area contributed by atoms with Crippen LogP contribution in [0.5, 0.6) is 0 Å². The van der Waals surface area contributed by atoms with Gasteiger partial charge < -0.3 is 15.7 Å². The first-order valence-electron chi connectivity index (χ1n) is 3.69. The quantitative estimate of drug-likeness (QED) is 0.588. The summed E-state index contributed by atoms with van der Waals surface area (Å²) >= 11 is 0. The molecule has 0 unspecified atom stereocenters. The van der Waals surface area contributed by atoms with Gasteiger partial charge in [-0.3, -0.25) is 4.79 Å². The van der Waals surface area contributed by atoms with Gasteiger partial charge in [-0.1, -0.05) is 0 Å². The van der Waals surface area contributed by atoms with Crippen molar-refractivity contribution in [1.82, 2.24) is 4.90 Å². The fourth-order valence-corrected chi connectivity index (χ4v) is 0.681. The van der Waals surface area contributed by atoms with Gasteiger partial charge in [0, 0.05) is 20.0 Å². The molecule has 0 bridgehead atoms. The van der Waals surface area contributed by atoms with Gasteiger partial charge in [0.05, 0.1) is 0 Å². The average Bonchev–Trinajstić information content (AvgIpc) is 2.02. The fraction of sp³-hybridized carbons (Fsp3) is 0.714. The van der Waals surface area contributed by atoms with Crippen molar-refractivity contribution in [3.05, 3.63) is 0 Å². The summed E-state index contributed by atoms with van der Waals surface area (Å²) in [6.07, 6.45) is 0.189. The number of hydrogen-bond acceptors (Lipinski definition) is 3. The van der Waals surface area contributed by atoms with Crippen LogP contribution in [0, 0.1) is 0 Å². The molecule has 1 atom stereocenters. The molecule has 0 saturated carbocycles. The first kappa shape index (κ1) is 10.9. The van der Waals surface area contributed by atoms with Gasteiger partial charge in [-0.2, -0.15) is 0 Å². The fourth-order valence-electron chi connectivity index (χ4n) is 0.681. The number of carboxylic acid groups (broad SMARTS) is 1. The van der Waals surface area contributed by atoms with Crippen molar-refractivity contribution in [1.29, 1.82) is 0 Å². The van der Waals surface area contributed by atoms with Gasteiger partial charge in [0.1, 0.15) is 6.04 Å². The zero-order valence-corrected chi connectivity index (χ0v) is 7.28. The summed E-state index contributed by atoms with van der Waals surface area (Å²) in [6, 6.07) is -0.788. The zero-order chi connectivity index (χ0) is 9.72. The van der Waals surface area contributed by atoms with Crippen molar-refractivity contribution in [3.8, 4) is 0 Å². The van der Waals surface area contributed by atoms with Crippen molar-refractivity contribution in [2.45, 2.75) is 19.4 Å². The first-order valence-corrected chi connectivity index (χ1v) is 3.69. The SMILES string of the molecule is C[C@@H](C(=O)O)N(C)C(=O)CCN. The highest BCUT2D eigenvalue weighted by atomic mass is 16.4. The monoisotopic (exact) mass is 174 g/mol. The van der Waals surface area contributed by atoms with Gasteiger partial charge in [-0.15, -0.1) is 0 Å². The Hall–Kier alpha value is -1.10. The number of carbonyl (C=O) groups excluding carboxylic acids is 1. The summed E-state index contributed by atoms with van der Waals surface area (Å²) in [4.78, 5) is 22.7. The molecule has 70 valence electrons. The molecule has 5 heteroatoms. The summed E-state index contributed by atoms with van der Waals surface area (Å²) in [7, 11) is 1.46. The van der Waals surface area contributed by atoms with Crippen molar-refractivity contribution < 1.29 is 14.7 Å². The molecule has 5 nitrogen and oxygen atoms in total. The Balaban J connectivity index is 4.09. The normalized spacial score (nSPS) is 12.2. The maximum atomic E-state index is 11.1. The molecule has 0 aliphatic rings. The molecule has 0 heterocycles. The molecule has 0 aromatic heterocycles. The van der Waals surface area contributed by atoms with Gasteiger partial charge >= 0.3 is 5.97 Å². The Morgan fingerprint density at radius 3 is 2.42 bits per heavy atom. The van der Waals surface area contributed by atoms with Crippen LogP contribution in [-0.2, 0) is 9.59 Å². The number of carbonyl (C=O) groups is 2. The lowest BCUT2D eigenvalue weighted by atomic mass is 10.2. The number of rotatable bonds is 4. The van der Waals surface area contributed by atoms with Crippen LogP contribution in [0.15, 0.2) is 0 Å². The van der Waals surface area contributed by atoms with E-state index in [2.05, 4.69) is 0 Å². The molecule has 0 aromatic carbocycles. The van der Waals surface area contributed by atoms with E-state index in [1.165, 1.54) is 18.9 Å². The predicted molar refractivity (Wildman–Crippen MR) is 43.5 cm³/mol. The third-order valence-corrected chi connectivity index (χ3v) is 1.69. The number of carboxylic acids is 1. The molecule has 0 aromatic rings. The number of likely N-dealkylation sites (N-methyl/N-ethyl adjacent to an activating group) is 1. The lowest BCUT2D eigenvalue weighted by Gasteiger charge is -2.20. The van der Waals surface area contributed by atoms with Crippen LogP contribution < -0.4 is 5.73 Å².